The van der Waals surface area contributed by atoms with E-state index in [-0.39, 0.29) is 5.41 Å². The molecule has 2 saturated carbocycles. The highest BCUT2D eigenvalue weighted by Gasteiger charge is 2.40. The van der Waals surface area contributed by atoms with E-state index in [2.05, 4.69) is 37.4 Å². The van der Waals surface area contributed by atoms with E-state index in [0.717, 1.165) is 11.4 Å². The lowest BCUT2D eigenvalue weighted by Crippen LogP contribution is -2.38. The molecule has 2 N–H and O–H groups in total. The summed E-state index contributed by atoms with van der Waals surface area (Å²) in [7, 11) is 7.29. The van der Waals surface area contributed by atoms with Crippen LogP contribution in [0.15, 0.2) is 36.9 Å². The number of benzene rings is 1. The average molecular weight is 269 g/mol. The van der Waals surface area contributed by atoms with Gasteiger partial charge in [-0.15, -0.1) is 6.58 Å². The highest BCUT2D eigenvalue weighted by molar-refractivity contribution is 6.32. The van der Waals surface area contributed by atoms with Crippen molar-refractivity contribution < 1.29 is 0 Å². The molecule has 2 heteroatoms. The van der Waals surface area contributed by atoms with Gasteiger partial charge in [0.15, 0.2) is 0 Å². The van der Waals surface area contributed by atoms with E-state index in [9.17, 15) is 0 Å². The molecule has 2 radical (unpaired) electrons. The van der Waals surface area contributed by atoms with Gasteiger partial charge in [0.25, 0.3) is 0 Å². The van der Waals surface area contributed by atoms with Crippen LogP contribution in [0.25, 0.3) is 0 Å². The highest BCUT2D eigenvalue weighted by Crippen LogP contribution is 2.48. The van der Waals surface area contributed by atoms with Gasteiger partial charge in [0.1, 0.15) is 7.85 Å². The Balaban J connectivity index is 0.000000281. The van der Waals surface area contributed by atoms with Crippen molar-refractivity contribution in [1.29, 1.82) is 0 Å². The molecule has 0 unspecified atom stereocenters. The third-order valence-electron chi connectivity index (χ3n) is 4.28. The van der Waals surface area contributed by atoms with Gasteiger partial charge in [-0.1, -0.05) is 68.4 Å². The molecule has 1 nitrogen and oxygen atoms in total. The molecule has 20 heavy (non-hydrogen) atoms. The van der Waals surface area contributed by atoms with E-state index in [0.29, 0.717) is 0 Å². The summed E-state index contributed by atoms with van der Waals surface area (Å²) in [5.41, 5.74) is 6.88. The molecule has 1 aromatic rings. The molecule has 0 aliphatic heterocycles. The van der Waals surface area contributed by atoms with Crippen molar-refractivity contribution in [2.45, 2.75) is 50.9 Å². The maximum absolute atomic E-state index is 5.79. The molecule has 108 valence electrons. The number of hydrogen-bond acceptors (Lipinski definition) is 1. The third kappa shape index (κ3) is 4.24. The summed E-state index contributed by atoms with van der Waals surface area (Å²) in [4.78, 5) is 0. The second-order valence-corrected chi connectivity index (χ2v) is 5.91. The van der Waals surface area contributed by atoms with Gasteiger partial charge in [-0.25, -0.2) is 0 Å². The van der Waals surface area contributed by atoms with E-state index in [1.54, 1.807) is 0 Å². The van der Waals surface area contributed by atoms with E-state index in [4.69, 9.17) is 7.85 Å². The van der Waals surface area contributed by atoms with Gasteiger partial charge in [-0.2, -0.15) is 0 Å². The number of allylic oxidation sites excluding steroid dienone is 1. The van der Waals surface area contributed by atoms with Crippen LogP contribution in [-0.4, -0.2) is 14.9 Å². The van der Waals surface area contributed by atoms with Crippen molar-refractivity contribution in [2.75, 3.05) is 7.05 Å². The average Bonchev–Trinajstić information content (AvgIpc) is 2.35. The van der Waals surface area contributed by atoms with Gasteiger partial charge in [0.2, 0.25) is 0 Å². The van der Waals surface area contributed by atoms with Crippen molar-refractivity contribution in [3.8, 4) is 0 Å². The Labute approximate surface area is 126 Å². The predicted octanol–water partition coefficient (Wildman–Crippen LogP) is 3.47. The monoisotopic (exact) mass is 269 g/mol. The van der Waals surface area contributed by atoms with Gasteiger partial charge in [0, 0.05) is 5.41 Å². The number of hydrogen-bond donors (Lipinski definition) is 1. The van der Waals surface area contributed by atoms with Crippen LogP contribution >= 0.6 is 0 Å². The summed E-state index contributed by atoms with van der Waals surface area (Å²) < 4.78 is 0. The fourth-order valence-electron chi connectivity index (χ4n) is 2.80. The molecule has 0 atom stereocenters. The SMILES string of the molecule is C1CCC1.CN.[B]c1cccc(C2(C=C)CC(C)C2)c1. The first-order valence-electron chi connectivity index (χ1n) is 7.74. The highest BCUT2D eigenvalue weighted by atomic mass is 14.4. The summed E-state index contributed by atoms with van der Waals surface area (Å²) in [6, 6.07) is 8.19. The molecule has 0 amide bonds. The second-order valence-electron chi connectivity index (χ2n) is 5.91. The molecular formula is C18H28BN. The molecule has 2 fully saturated rings. The van der Waals surface area contributed by atoms with Crippen molar-refractivity contribution >= 4 is 13.3 Å². The lowest BCUT2D eigenvalue weighted by molar-refractivity contribution is 0.210. The molecule has 0 saturated heterocycles. The predicted molar refractivity (Wildman–Crippen MR) is 90.7 cm³/mol. The summed E-state index contributed by atoms with van der Waals surface area (Å²) in [6.45, 7) is 6.24. The van der Waals surface area contributed by atoms with Crippen LogP contribution in [-0.2, 0) is 5.41 Å². The minimum absolute atomic E-state index is 0.203. The van der Waals surface area contributed by atoms with Crippen LogP contribution in [0.3, 0.4) is 0 Å². The maximum Gasteiger partial charge on any atom is 0.113 e. The van der Waals surface area contributed by atoms with Gasteiger partial charge < -0.3 is 5.73 Å². The summed E-state index contributed by atoms with van der Waals surface area (Å²) in [6.07, 6.45) is 10.5. The Kier molecular flexibility index (Phi) is 7.08. The van der Waals surface area contributed by atoms with E-state index >= 15 is 0 Å². The number of rotatable bonds is 2. The molecule has 0 spiro atoms. The Morgan fingerprint density at radius 3 is 2.10 bits per heavy atom. The first kappa shape index (κ1) is 17.0. The standard InChI is InChI=1S/C13H15B.C4H8.CH5N/c1-3-13(8-10(2)9-13)11-5-4-6-12(14)7-11;1-2-4-3-1;1-2/h3-7,10H,1,8-9H2,2H3;1-4H2;2H2,1H3. The van der Waals surface area contributed by atoms with Crippen molar-refractivity contribution in [3.05, 3.63) is 42.5 Å². The molecule has 3 rings (SSSR count). The minimum atomic E-state index is 0.203. The third-order valence-corrected chi connectivity index (χ3v) is 4.28. The van der Waals surface area contributed by atoms with Crippen molar-refractivity contribution in [2.24, 2.45) is 11.7 Å². The Morgan fingerprint density at radius 1 is 1.20 bits per heavy atom. The molecule has 1 aromatic carbocycles. The quantitative estimate of drug-likeness (QED) is 0.645. The molecule has 0 aromatic heterocycles. The normalized spacial score (nSPS) is 26.6. The smallest absolute Gasteiger partial charge is 0.113 e. The second kappa shape index (κ2) is 8.31. The molecule has 0 heterocycles. The maximum atomic E-state index is 5.79. The van der Waals surface area contributed by atoms with Crippen LogP contribution in [0.5, 0.6) is 0 Å². The Bertz CT molecular complexity index is 400. The van der Waals surface area contributed by atoms with Crippen LogP contribution in [0, 0.1) is 5.92 Å². The zero-order chi connectivity index (χ0) is 15.0. The van der Waals surface area contributed by atoms with E-state index in [1.807, 2.05) is 12.1 Å². The first-order chi connectivity index (χ1) is 9.66. The van der Waals surface area contributed by atoms with Gasteiger partial charge in [0.05, 0.1) is 0 Å². The van der Waals surface area contributed by atoms with Gasteiger partial charge in [-0.3, -0.25) is 0 Å². The van der Waals surface area contributed by atoms with E-state index in [1.165, 1.54) is 51.1 Å². The topological polar surface area (TPSA) is 26.0 Å². The molecule has 2 aliphatic carbocycles. The largest absolute Gasteiger partial charge is 0.333 e. The van der Waals surface area contributed by atoms with Crippen LogP contribution in [0.1, 0.15) is 51.0 Å². The van der Waals surface area contributed by atoms with E-state index < -0.39 is 0 Å². The van der Waals surface area contributed by atoms with Crippen LogP contribution in [0.4, 0.5) is 0 Å². The lowest BCUT2D eigenvalue weighted by Gasteiger charge is -2.45. The van der Waals surface area contributed by atoms with Crippen molar-refractivity contribution in [3.63, 3.8) is 0 Å². The summed E-state index contributed by atoms with van der Waals surface area (Å²) >= 11 is 0. The summed E-state index contributed by atoms with van der Waals surface area (Å²) in [5.74, 6) is 0.814. The van der Waals surface area contributed by atoms with Crippen LogP contribution in [0.2, 0.25) is 0 Å². The Hall–Kier alpha value is -1.02. The van der Waals surface area contributed by atoms with Gasteiger partial charge in [-0.05, 0) is 31.4 Å². The van der Waals surface area contributed by atoms with Gasteiger partial charge >= 0.3 is 0 Å². The van der Waals surface area contributed by atoms with Crippen LogP contribution < -0.4 is 11.2 Å². The fourth-order valence-corrected chi connectivity index (χ4v) is 2.80. The fraction of sp³-hybridized carbons (Fsp3) is 0.556. The number of nitrogens with two attached hydrogens (primary N) is 1. The van der Waals surface area contributed by atoms with Crippen molar-refractivity contribution in [1.82, 2.24) is 0 Å². The Morgan fingerprint density at radius 2 is 1.75 bits per heavy atom. The molecule has 2 aliphatic rings. The zero-order valence-corrected chi connectivity index (χ0v) is 13.1. The molecular weight excluding hydrogens is 241 g/mol. The first-order valence-corrected chi connectivity index (χ1v) is 7.74. The molecule has 0 bridgehead atoms. The summed E-state index contributed by atoms with van der Waals surface area (Å²) in [5, 5.41) is 0. The minimum Gasteiger partial charge on any atom is -0.333 e. The zero-order valence-electron chi connectivity index (χ0n) is 13.1. The lowest BCUT2D eigenvalue weighted by atomic mass is 9.59.